The number of nitrogens with two attached hydrogens (primary N) is 1. The van der Waals surface area contributed by atoms with Crippen molar-refractivity contribution in [3.05, 3.63) is 29.3 Å². The summed E-state index contributed by atoms with van der Waals surface area (Å²) in [5.74, 6) is 0.436. The van der Waals surface area contributed by atoms with Gasteiger partial charge in [-0.2, -0.15) is 0 Å². The molecule has 0 aliphatic carbocycles. The Labute approximate surface area is 114 Å². The van der Waals surface area contributed by atoms with E-state index in [9.17, 15) is 8.42 Å². The zero-order valence-corrected chi connectivity index (χ0v) is 12.4. The van der Waals surface area contributed by atoms with Gasteiger partial charge in [-0.1, -0.05) is 6.07 Å². The standard InChI is InChI=1S/C13H21N3O2S/c1-10-7-11(2)9-12(8-10)16-13(14)15-5-4-6-19(3,17)18/h7-9H,4-6H2,1-3H3,(H3,14,15,16). The Bertz CT molecular complexity index is 545. The fraction of sp³-hybridized carbons (Fsp3) is 0.462. The highest BCUT2D eigenvalue weighted by atomic mass is 32.2. The molecule has 0 heterocycles. The van der Waals surface area contributed by atoms with Crippen LogP contribution in [-0.4, -0.2) is 32.9 Å². The van der Waals surface area contributed by atoms with Crippen LogP contribution >= 0.6 is 0 Å². The topological polar surface area (TPSA) is 84.5 Å². The lowest BCUT2D eigenvalue weighted by molar-refractivity contribution is 0.599. The molecule has 0 aliphatic heterocycles. The van der Waals surface area contributed by atoms with Crippen LogP contribution < -0.4 is 11.1 Å². The fourth-order valence-corrected chi connectivity index (χ4v) is 2.41. The van der Waals surface area contributed by atoms with Gasteiger partial charge in [0.25, 0.3) is 0 Å². The van der Waals surface area contributed by atoms with Gasteiger partial charge < -0.3 is 11.1 Å². The molecule has 0 saturated carbocycles. The second-order valence-corrected chi connectivity index (χ2v) is 7.01. The minimum absolute atomic E-state index is 0.132. The van der Waals surface area contributed by atoms with Gasteiger partial charge in [-0.05, 0) is 43.5 Å². The molecule has 0 unspecified atom stereocenters. The Kier molecular flexibility index (Phi) is 5.35. The minimum Gasteiger partial charge on any atom is -0.370 e. The van der Waals surface area contributed by atoms with E-state index in [4.69, 9.17) is 5.73 Å². The minimum atomic E-state index is -2.92. The van der Waals surface area contributed by atoms with Crippen molar-refractivity contribution in [1.29, 1.82) is 0 Å². The van der Waals surface area contributed by atoms with Crippen LogP contribution in [0.5, 0.6) is 0 Å². The van der Waals surface area contributed by atoms with E-state index in [0.717, 1.165) is 16.8 Å². The second-order valence-electron chi connectivity index (χ2n) is 4.75. The van der Waals surface area contributed by atoms with Crippen molar-refractivity contribution in [1.82, 2.24) is 0 Å². The Morgan fingerprint density at radius 3 is 2.37 bits per heavy atom. The van der Waals surface area contributed by atoms with Gasteiger partial charge in [0.15, 0.2) is 5.96 Å². The summed E-state index contributed by atoms with van der Waals surface area (Å²) >= 11 is 0. The van der Waals surface area contributed by atoms with E-state index >= 15 is 0 Å². The van der Waals surface area contributed by atoms with Crippen molar-refractivity contribution in [2.24, 2.45) is 10.7 Å². The Balaban J connectivity index is 2.52. The number of hydrogen-bond acceptors (Lipinski definition) is 3. The van der Waals surface area contributed by atoms with Crippen molar-refractivity contribution < 1.29 is 8.42 Å². The van der Waals surface area contributed by atoms with Crippen molar-refractivity contribution in [3.63, 3.8) is 0 Å². The summed E-state index contributed by atoms with van der Waals surface area (Å²) < 4.78 is 21.9. The number of guanidine groups is 1. The number of nitrogens with one attached hydrogen (secondary N) is 1. The first-order valence-electron chi connectivity index (χ1n) is 6.09. The van der Waals surface area contributed by atoms with Gasteiger partial charge >= 0.3 is 0 Å². The van der Waals surface area contributed by atoms with E-state index in [0.29, 0.717) is 18.9 Å². The van der Waals surface area contributed by atoms with Gasteiger partial charge in [0, 0.05) is 18.5 Å². The molecule has 0 saturated heterocycles. The SMILES string of the molecule is Cc1cc(C)cc(NC(N)=NCCCS(C)(=O)=O)c1. The quantitative estimate of drug-likeness (QED) is 0.487. The average Bonchev–Trinajstić information content (AvgIpc) is 2.21. The first kappa shape index (κ1) is 15.5. The number of nitrogens with zero attached hydrogens (tertiary/aromatic N) is 1. The molecule has 5 nitrogen and oxygen atoms in total. The molecule has 0 radical (unpaired) electrons. The summed E-state index contributed by atoms with van der Waals surface area (Å²) in [6.45, 7) is 4.42. The highest BCUT2D eigenvalue weighted by Gasteiger charge is 2.01. The van der Waals surface area contributed by atoms with E-state index in [1.807, 2.05) is 26.0 Å². The number of sulfone groups is 1. The Hall–Kier alpha value is -1.56. The normalized spacial score (nSPS) is 12.5. The average molecular weight is 283 g/mol. The van der Waals surface area contributed by atoms with Gasteiger partial charge in [-0.3, -0.25) is 4.99 Å². The lowest BCUT2D eigenvalue weighted by atomic mass is 10.1. The van der Waals surface area contributed by atoms with E-state index in [1.165, 1.54) is 6.26 Å². The monoisotopic (exact) mass is 283 g/mol. The van der Waals surface area contributed by atoms with E-state index < -0.39 is 9.84 Å². The number of aliphatic imine (C=N–C) groups is 1. The van der Waals surface area contributed by atoms with Gasteiger partial charge in [0.1, 0.15) is 9.84 Å². The molecular weight excluding hydrogens is 262 g/mol. The first-order valence-corrected chi connectivity index (χ1v) is 8.15. The van der Waals surface area contributed by atoms with Gasteiger partial charge in [-0.25, -0.2) is 8.42 Å². The van der Waals surface area contributed by atoms with Crippen molar-refractivity contribution >= 4 is 21.5 Å². The molecule has 0 aliphatic rings. The van der Waals surface area contributed by atoms with Crippen molar-refractivity contribution in [3.8, 4) is 0 Å². The predicted octanol–water partition coefficient (Wildman–Crippen LogP) is 1.46. The maximum absolute atomic E-state index is 10.9. The molecule has 6 heteroatoms. The van der Waals surface area contributed by atoms with Gasteiger partial charge in [0.05, 0.1) is 5.75 Å². The van der Waals surface area contributed by atoms with Crippen LogP contribution in [-0.2, 0) is 9.84 Å². The van der Waals surface area contributed by atoms with E-state index in [2.05, 4.69) is 16.4 Å². The highest BCUT2D eigenvalue weighted by molar-refractivity contribution is 7.90. The summed E-state index contributed by atoms with van der Waals surface area (Å²) in [5, 5.41) is 3.00. The summed E-state index contributed by atoms with van der Waals surface area (Å²) in [6.07, 6.45) is 1.70. The molecule has 19 heavy (non-hydrogen) atoms. The lowest BCUT2D eigenvalue weighted by Crippen LogP contribution is -2.23. The first-order chi connectivity index (χ1) is 8.76. The van der Waals surface area contributed by atoms with Crippen molar-refractivity contribution in [2.45, 2.75) is 20.3 Å². The molecule has 0 aromatic heterocycles. The second kappa shape index (κ2) is 6.56. The van der Waals surface area contributed by atoms with Crippen LogP contribution in [0.3, 0.4) is 0 Å². The molecule has 3 N–H and O–H groups in total. The Morgan fingerprint density at radius 1 is 1.26 bits per heavy atom. The molecule has 0 amide bonds. The molecular formula is C13H21N3O2S. The number of anilines is 1. The summed E-state index contributed by atoms with van der Waals surface area (Å²) in [5.41, 5.74) is 8.93. The number of aryl methyl sites for hydroxylation is 2. The summed E-state index contributed by atoms with van der Waals surface area (Å²) in [6, 6.07) is 6.03. The summed E-state index contributed by atoms with van der Waals surface area (Å²) in [4.78, 5) is 4.10. The molecule has 0 spiro atoms. The maximum Gasteiger partial charge on any atom is 0.193 e. The van der Waals surface area contributed by atoms with E-state index in [1.54, 1.807) is 0 Å². The largest absolute Gasteiger partial charge is 0.370 e. The Morgan fingerprint density at radius 2 is 1.84 bits per heavy atom. The van der Waals surface area contributed by atoms with Crippen LogP contribution in [0.15, 0.2) is 23.2 Å². The molecule has 1 aromatic rings. The molecule has 0 fully saturated rings. The number of benzene rings is 1. The molecule has 0 bridgehead atoms. The third kappa shape index (κ3) is 6.81. The van der Waals surface area contributed by atoms with E-state index in [-0.39, 0.29) is 5.75 Å². The zero-order valence-electron chi connectivity index (χ0n) is 11.6. The zero-order chi connectivity index (χ0) is 14.5. The molecule has 1 rings (SSSR count). The van der Waals surface area contributed by atoms with Crippen LogP contribution in [0.2, 0.25) is 0 Å². The summed E-state index contributed by atoms with van der Waals surface area (Å²) in [7, 11) is -2.92. The fourth-order valence-electron chi connectivity index (χ4n) is 1.76. The smallest absolute Gasteiger partial charge is 0.193 e. The number of hydrogen-bond donors (Lipinski definition) is 2. The number of rotatable bonds is 5. The van der Waals surface area contributed by atoms with Crippen LogP contribution in [0.25, 0.3) is 0 Å². The third-order valence-corrected chi connectivity index (χ3v) is 3.48. The van der Waals surface area contributed by atoms with Crippen LogP contribution in [0.4, 0.5) is 5.69 Å². The van der Waals surface area contributed by atoms with Gasteiger partial charge in [-0.15, -0.1) is 0 Å². The maximum atomic E-state index is 10.9. The van der Waals surface area contributed by atoms with Crippen molar-refractivity contribution in [2.75, 3.05) is 23.9 Å². The highest BCUT2D eigenvalue weighted by Crippen LogP contribution is 2.13. The van der Waals surface area contributed by atoms with Crippen LogP contribution in [0, 0.1) is 13.8 Å². The van der Waals surface area contributed by atoms with Gasteiger partial charge in [0.2, 0.25) is 0 Å². The predicted molar refractivity (Wildman–Crippen MR) is 80.4 cm³/mol. The van der Waals surface area contributed by atoms with Crippen LogP contribution in [0.1, 0.15) is 17.5 Å². The molecule has 0 atom stereocenters. The molecule has 1 aromatic carbocycles. The molecule has 106 valence electrons. The third-order valence-electron chi connectivity index (χ3n) is 2.45. The lowest BCUT2D eigenvalue weighted by Gasteiger charge is -2.07.